The minimum Gasteiger partial charge on any atom is -0.748 e. The molecule has 0 N–H and O–H groups in total. The zero-order valence-electron chi connectivity index (χ0n) is 18.4. The molecule has 0 aromatic heterocycles. The molecule has 160 valence electrons. The largest absolute Gasteiger partial charge is 0.748 e. The molecule has 0 atom stereocenters. The summed E-state index contributed by atoms with van der Waals surface area (Å²) in [5.41, 5.74) is 3.84. The Morgan fingerprint density at radius 2 is 1.12 bits per heavy atom. The van der Waals surface area contributed by atoms with E-state index in [1.807, 2.05) is 13.8 Å². The average Bonchev–Trinajstić information content (AvgIpc) is 2.47. The first-order valence-electron chi connectivity index (χ1n) is 8.08. The normalized spacial score (nSPS) is 9.08. The van der Waals surface area contributed by atoms with Crippen LogP contribution in [-0.2, 0) is 24.4 Å². The van der Waals surface area contributed by atoms with Gasteiger partial charge < -0.3 is 8.74 Å². The predicted octanol–water partition coefficient (Wildman–Crippen LogP) is 5.02. The Morgan fingerprint density at radius 1 is 0.846 bits per heavy atom. The molecule has 0 amide bonds. The highest BCUT2D eigenvalue weighted by atomic mass is 32.2. The maximum atomic E-state index is 10.5. The van der Waals surface area contributed by atoms with Gasteiger partial charge in [-0.25, -0.2) is 8.42 Å². The summed E-state index contributed by atoms with van der Waals surface area (Å²) >= 11 is 0. The molecule has 0 heterocycles. The molecule has 0 aliphatic heterocycles. The average molecular weight is 416 g/mol. The molecule has 0 aliphatic rings. The second-order valence-corrected chi connectivity index (χ2v) is 8.16. The topological polar surface area (TPSA) is 101 Å². The van der Waals surface area contributed by atoms with Crippen LogP contribution in [0.4, 0.5) is 0 Å². The molecule has 0 aromatic rings. The van der Waals surface area contributed by atoms with Crippen LogP contribution in [0, 0.1) is 0 Å². The highest BCUT2D eigenvalue weighted by Gasteiger charge is 2.02. The van der Waals surface area contributed by atoms with Gasteiger partial charge in [-0.05, 0) is 53.5 Å². The zero-order valence-corrected chi connectivity index (χ0v) is 20.0. The van der Waals surface area contributed by atoms with E-state index < -0.39 is 20.2 Å². The Hall–Kier alpha value is -1.12. The third kappa shape index (κ3) is 56.9. The lowest BCUT2D eigenvalue weighted by atomic mass is 10.1. The van der Waals surface area contributed by atoms with Gasteiger partial charge in [0.05, 0.1) is 16.4 Å². The second kappa shape index (κ2) is 20.2. The molecule has 0 radical (unpaired) electrons. The Morgan fingerprint density at radius 3 is 1.15 bits per heavy atom. The fourth-order valence-electron chi connectivity index (χ4n) is 0.664. The molecule has 0 aromatic carbocycles. The van der Waals surface area contributed by atoms with Crippen LogP contribution < -0.4 is 0 Å². The van der Waals surface area contributed by atoms with E-state index >= 15 is 0 Å². The van der Waals surface area contributed by atoms with E-state index in [-0.39, 0.29) is 0 Å². The van der Waals surface area contributed by atoms with Crippen molar-refractivity contribution in [3.8, 4) is 0 Å². The van der Waals surface area contributed by atoms with Crippen LogP contribution >= 0.6 is 0 Å². The monoisotopic (exact) mass is 415 g/mol. The molecule has 0 unspecified atom stereocenters. The molecule has 0 bridgehead atoms. The summed E-state index contributed by atoms with van der Waals surface area (Å²) in [6.45, 7) is 23.9. The fraction of sp³-hybridized carbons (Fsp3) is 0.667. The number of allylic oxidation sites excluding steroid dienone is 4. The highest BCUT2D eigenvalue weighted by molar-refractivity contribution is 7.86. The third-order valence-corrected chi connectivity index (χ3v) is 2.92. The summed E-state index contributed by atoms with van der Waals surface area (Å²) in [5, 5.41) is 0. The number of hydrogen-bond donors (Lipinski definition) is 0. The summed E-state index contributed by atoms with van der Waals surface area (Å²) in [6.07, 6.45) is 2.83. The molecule has 0 saturated heterocycles. The van der Waals surface area contributed by atoms with Gasteiger partial charge in [-0.1, -0.05) is 31.9 Å². The van der Waals surface area contributed by atoms with Crippen molar-refractivity contribution >= 4 is 20.2 Å². The minimum atomic E-state index is -3.92. The van der Waals surface area contributed by atoms with Crippen LogP contribution in [0.3, 0.4) is 0 Å². The van der Waals surface area contributed by atoms with Gasteiger partial charge in [0.15, 0.2) is 0 Å². The predicted molar refractivity (Wildman–Crippen MR) is 113 cm³/mol. The number of hydrogen-bond acceptors (Lipinski definition) is 6. The zero-order chi connectivity index (χ0) is 22.7. The van der Waals surface area contributed by atoms with Crippen molar-refractivity contribution in [2.75, 3.05) is 12.5 Å². The van der Waals surface area contributed by atoms with Crippen molar-refractivity contribution in [1.82, 2.24) is 0 Å². The molecular formula is C18H39O6S2-. The first-order valence-corrected chi connectivity index (χ1v) is 11.7. The molecular weight excluding hydrogens is 376 g/mol. The van der Waals surface area contributed by atoms with Crippen LogP contribution in [-0.4, -0.2) is 33.9 Å². The SMILES string of the molecule is C=C.CC.CC(C)=C(C)OS(C)(=O)=O.CCC(C)=C(C)C.CS(=O)(=O)[O-]. The van der Waals surface area contributed by atoms with Gasteiger partial charge in [0.1, 0.15) is 5.76 Å². The molecule has 0 fully saturated rings. The van der Waals surface area contributed by atoms with Gasteiger partial charge in [0.25, 0.3) is 0 Å². The summed E-state index contributed by atoms with van der Waals surface area (Å²) in [4.78, 5) is 0. The lowest BCUT2D eigenvalue weighted by Crippen LogP contribution is -2.01. The lowest BCUT2D eigenvalue weighted by Gasteiger charge is -2.03. The highest BCUT2D eigenvalue weighted by Crippen LogP contribution is 2.06. The summed E-state index contributed by atoms with van der Waals surface area (Å²) in [6, 6.07) is 0. The van der Waals surface area contributed by atoms with Crippen LogP contribution in [0.25, 0.3) is 0 Å². The number of rotatable bonds is 3. The van der Waals surface area contributed by atoms with Crippen molar-refractivity contribution in [2.45, 2.75) is 68.7 Å². The van der Waals surface area contributed by atoms with Crippen LogP contribution in [0.1, 0.15) is 68.7 Å². The Bertz CT molecular complexity index is 582. The smallest absolute Gasteiger partial charge is 0.305 e. The van der Waals surface area contributed by atoms with Crippen LogP contribution in [0.5, 0.6) is 0 Å². The quantitative estimate of drug-likeness (QED) is 0.278. The van der Waals surface area contributed by atoms with E-state index in [4.69, 9.17) is 13.0 Å². The van der Waals surface area contributed by atoms with Gasteiger partial charge in [0.2, 0.25) is 0 Å². The minimum absolute atomic E-state index is 0.447. The molecule has 0 saturated carbocycles. The van der Waals surface area contributed by atoms with E-state index in [0.717, 1.165) is 11.8 Å². The molecule has 0 spiro atoms. The Balaban J connectivity index is -0.0000000806. The maximum absolute atomic E-state index is 10.5. The van der Waals surface area contributed by atoms with Crippen LogP contribution in [0.15, 0.2) is 35.6 Å². The Labute approximate surface area is 162 Å². The first-order chi connectivity index (χ1) is 11.5. The summed E-state index contributed by atoms with van der Waals surface area (Å²) in [5.74, 6) is 0.447. The summed E-state index contributed by atoms with van der Waals surface area (Å²) in [7, 11) is -7.24. The maximum Gasteiger partial charge on any atom is 0.305 e. The fourth-order valence-corrected chi connectivity index (χ4v) is 1.28. The van der Waals surface area contributed by atoms with E-state index in [0.29, 0.717) is 12.0 Å². The van der Waals surface area contributed by atoms with Crippen molar-refractivity contribution in [1.29, 1.82) is 0 Å². The summed E-state index contributed by atoms with van der Waals surface area (Å²) < 4.78 is 52.8. The van der Waals surface area contributed by atoms with Crippen molar-refractivity contribution in [3.63, 3.8) is 0 Å². The second-order valence-electron chi connectivity index (χ2n) is 5.18. The first kappa shape index (κ1) is 35.9. The van der Waals surface area contributed by atoms with E-state index in [1.165, 1.54) is 17.6 Å². The molecule has 8 heteroatoms. The van der Waals surface area contributed by atoms with E-state index in [9.17, 15) is 8.42 Å². The van der Waals surface area contributed by atoms with E-state index in [1.54, 1.807) is 20.8 Å². The van der Waals surface area contributed by atoms with Crippen molar-refractivity contribution in [3.05, 3.63) is 35.6 Å². The van der Waals surface area contributed by atoms with Gasteiger partial charge >= 0.3 is 10.1 Å². The molecule has 0 rings (SSSR count). The molecule has 26 heavy (non-hydrogen) atoms. The standard InChI is InChI=1S/C7H14.C6H12O3S.C2H6.C2H4.CH4O3S/c1-5-7(4)6(2)3;1-5(2)6(3)9-10(4,7)8;2*1-2;1-5(2,3)4/h5H2,1-4H3;1-4H3;1-2H3;1-2H2;1H3,(H,2,3,4)/p-1. The van der Waals surface area contributed by atoms with E-state index in [2.05, 4.69) is 45.0 Å². The van der Waals surface area contributed by atoms with Crippen molar-refractivity contribution < 1.29 is 25.6 Å². The molecule has 6 nitrogen and oxygen atoms in total. The van der Waals surface area contributed by atoms with Gasteiger partial charge in [-0.15, -0.1) is 13.2 Å². The van der Waals surface area contributed by atoms with Gasteiger partial charge in [-0.3, -0.25) is 0 Å². The van der Waals surface area contributed by atoms with Gasteiger partial charge in [0, 0.05) is 6.26 Å². The molecule has 0 aliphatic carbocycles. The van der Waals surface area contributed by atoms with Gasteiger partial charge in [-0.2, -0.15) is 8.42 Å². The van der Waals surface area contributed by atoms with Crippen LogP contribution in [0.2, 0.25) is 0 Å². The van der Waals surface area contributed by atoms with Crippen molar-refractivity contribution in [2.24, 2.45) is 0 Å². The third-order valence-electron chi connectivity index (χ3n) is 2.36. The Kier molecular flexibility index (Phi) is 27.9. The lowest BCUT2D eigenvalue weighted by molar-refractivity contribution is 0.409.